The van der Waals surface area contributed by atoms with Crippen LogP contribution in [0.2, 0.25) is 0 Å². The van der Waals surface area contributed by atoms with Gasteiger partial charge in [0.25, 0.3) is 41.4 Å². The van der Waals surface area contributed by atoms with Crippen LogP contribution in [-0.4, -0.2) is 146 Å². The maximum Gasteiger partial charge on any atom is 0.292 e. The highest BCUT2D eigenvalue weighted by Crippen LogP contribution is 2.22. The van der Waals surface area contributed by atoms with Crippen LogP contribution in [0.25, 0.3) is 0 Å². The lowest BCUT2D eigenvalue weighted by molar-refractivity contribution is -0.121. The zero-order valence-electron chi connectivity index (χ0n) is 47.4. The predicted molar refractivity (Wildman–Crippen MR) is 306 cm³/mol. The van der Waals surface area contributed by atoms with Gasteiger partial charge in [0.15, 0.2) is 11.6 Å². The molecule has 0 spiro atoms. The number of amides is 10. The predicted octanol–water partition coefficient (Wildman–Crippen LogP) is 2.01. The molecule has 7 aromatic heterocycles. The fraction of sp³-hybridized carbons (Fsp3) is 0.321. The van der Waals surface area contributed by atoms with Crippen LogP contribution in [0, 0.1) is 0 Å². The zero-order chi connectivity index (χ0) is 60.4. The van der Waals surface area contributed by atoms with Crippen LogP contribution in [-0.2, 0) is 63.7 Å². The van der Waals surface area contributed by atoms with Crippen LogP contribution < -0.4 is 53.2 Å². The molecule has 0 saturated carbocycles. The molecule has 7 rings (SSSR count). The van der Waals surface area contributed by atoms with Gasteiger partial charge in [-0.25, -0.2) is 9.97 Å². The standard InChI is InChI=1S/C53H66N20O10/c1-30(74)57-41-28-72(9)46(63-41)53(83)65-42-29-73(10)45(64-42)52(82)62-35-22-40(71(8)27-35)51(81)60-33-20-37(68(5)25-33)48(78)56-16-13-44(76)58-31-18-38(69(6)23-31)49(79)61-34-21-39(70(7)26-34)50(80)59-32-19-36(67(4)24-32)47(77)55-15-12-43(75)54-14-11-17-66(2)3/h18-29H,11-17H2,1-10H3,(H,54,75)(H,55,77)(H,56,78)(H,57,74)(H,58,76)(H,59,80)(H,60,81)(H,61,79)(H,62,82)(H,65,83). The van der Waals surface area contributed by atoms with E-state index < -0.39 is 47.3 Å². The Bertz CT molecular complexity index is 3650. The van der Waals surface area contributed by atoms with Gasteiger partial charge in [-0.1, -0.05) is 0 Å². The van der Waals surface area contributed by atoms with Crippen molar-refractivity contribution in [3.63, 3.8) is 0 Å². The first kappa shape index (κ1) is 60.1. The van der Waals surface area contributed by atoms with E-state index >= 15 is 0 Å². The smallest absolute Gasteiger partial charge is 0.292 e. The van der Waals surface area contributed by atoms with Gasteiger partial charge in [-0.05, 0) is 57.4 Å². The molecule has 0 saturated heterocycles. The van der Waals surface area contributed by atoms with Gasteiger partial charge in [-0.2, -0.15) is 0 Å². The highest BCUT2D eigenvalue weighted by atomic mass is 16.2. The Balaban J connectivity index is 0.837. The van der Waals surface area contributed by atoms with E-state index in [1.165, 1.54) is 89.4 Å². The second kappa shape index (κ2) is 26.2. The van der Waals surface area contributed by atoms with E-state index in [9.17, 15) is 47.9 Å². The minimum absolute atomic E-state index is 0.00981. The third-order valence-corrected chi connectivity index (χ3v) is 12.6. The molecule has 0 aliphatic heterocycles. The molecule has 10 N–H and O–H groups in total. The van der Waals surface area contributed by atoms with Crippen molar-refractivity contribution in [2.75, 3.05) is 77.5 Å². The van der Waals surface area contributed by atoms with E-state index in [-0.39, 0.29) is 101 Å². The molecule has 30 nitrogen and oxygen atoms in total. The minimum atomic E-state index is -0.638. The van der Waals surface area contributed by atoms with Gasteiger partial charge in [-0.3, -0.25) is 47.9 Å². The summed E-state index contributed by atoms with van der Waals surface area (Å²) in [5.74, 6) is -4.58. The van der Waals surface area contributed by atoms with Gasteiger partial charge < -0.3 is 90.0 Å². The second-order valence-electron chi connectivity index (χ2n) is 19.8. The number of carbonyl (C=O) groups excluding carboxylic acids is 10. The fourth-order valence-corrected chi connectivity index (χ4v) is 8.59. The Hall–Kier alpha value is -10.5. The van der Waals surface area contributed by atoms with E-state index in [1.807, 2.05) is 19.0 Å². The van der Waals surface area contributed by atoms with Crippen molar-refractivity contribution < 1.29 is 47.9 Å². The van der Waals surface area contributed by atoms with E-state index in [0.717, 1.165) is 13.0 Å². The van der Waals surface area contributed by atoms with Crippen molar-refractivity contribution in [1.82, 2.24) is 62.8 Å². The number of nitrogens with zero attached hydrogens (tertiary/aromatic N) is 10. The highest BCUT2D eigenvalue weighted by Gasteiger charge is 2.24. The SMILES string of the molecule is CC(=O)Nc1cn(C)c(C(=O)Nc2cn(C)c(C(=O)Nc3cc(C(=O)Nc4cc(C(=O)NCCC(=O)Nc5cc(C(=O)Nc6cc(C(=O)Nc7cc(C(=O)NCCC(=O)NCCCN(C)C)n(C)c7)n(C)c6)n(C)c5)n(C)c4)n(C)c3)n2)n1. The van der Waals surface area contributed by atoms with Crippen LogP contribution in [0.3, 0.4) is 0 Å². The summed E-state index contributed by atoms with van der Waals surface area (Å²) in [6.45, 7) is 2.78. The highest BCUT2D eigenvalue weighted by molar-refractivity contribution is 6.09. The first-order valence-corrected chi connectivity index (χ1v) is 25.8. The average molecular weight is 1140 g/mol. The molecule has 83 heavy (non-hydrogen) atoms. The number of nitrogens with one attached hydrogen (secondary N) is 10. The largest absolute Gasteiger partial charge is 0.356 e. The molecule has 0 fully saturated rings. The molecule has 0 bridgehead atoms. The van der Waals surface area contributed by atoms with Crippen LogP contribution in [0.1, 0.15) is 99.9 Å². The quantitative estimate of drug-likeness (QED) is 0.0388. The maximum absolute atomic E-state index is 13.4. The van der Waals surface area contributed by atoms with Gasteiger partial charge >= 0.3 is 0 Å². The molecular weight excluding hydrogens is 1080 g/mol. The van der Waals surface area contributed by atoms with Crippen molar-refractivity contribution in [3.8, 4) is 0 Å². The summed E-state index contributed by atoms with van der Waals surface area (Å²) in [6.07, 6.45) is 11.4. The van der Waals surface area contributed by atoms with E-state index in [1.54, 1.807) is 72.5 Å². The van der Waals surface area contributed by atoms with Gasteiger partial charge in [0.2, 0.25) is 29.4 Å². The number of hydrogen-bond acceptors (Lipinski definition) is 13. The normalized spacial score (nSPS) is 11.0. The van der Waals surface area contributed by atoms with Crippen LogP contribution >= 0.6 is 0 Å². The van der Waals surface area contributed by atoms with E-state index in [0.29, 0.717) is 23.6 Å². The lowest BCUT2D eigenvalue weighted by Crippen LogP contribution is -2.32. The van der Waals surface area contributed by atoms with Crippen LogP contribution in [0.5, 0.6) is 0 Å². The van der Waals surface area contributed by atoms with Crippen molar-refractivity contribution in [2.45, 2.75) is 26.2 Å². The summed E-state index contributed by atoms with van der Waals surface area (Å²) in [4.78, 5) is 139. The Morgan fingerprint density at radius 1 is 0.386 bits per heavy atom. The maximum atomic E-state index is 13.4. The average Bonchev–Trinajstić information content (AvgIpc) is 4.29. The van der Waals surface area contributed by atoms with Gasteiger partial charge in [0, 0.05) is 132 Å². The lowest BCUT2D eigenvalue weighted by Gasteiger charge is -2.10. The summed E-state index contributed by atoms with van der Waals surface area (Å²) < 4.78 is 10.4. The van der Waals surface area contributed by atoms with Gasteiger partial charge in [-0.15, -0.1) is 0 Å². The topological polar surface area (TPSA) is 355 Å². The zero-order valence-corrected chi connectivity index (χ0v) is 47.4. The lowest BCUT2D eigenvalue weighted by atomic mass is 10.3. The van der Waals surface area contributed by atoms with Crippen LogP contribution in [0.4, 0.5) is 40.1 Å². The molecule has 10 amide bonds. The summed E-state index contributed by atoms with van der Waals surface area (Å²) >= 11 is 0. The molecular formula is C53H66N20O10. The number of aromatic nitrogens is 9. The molecule has 0 unspecified atom stereocenters. The molecule has 7 aromatic rings. The molecule has 0 atom stereocenters. The summed E-state index contributed by atoms with van der Waals surface area (Å²) in [5.41, 5.74) is 2.54. The molecule has 0 radical (unpaired) electrons. The van der Waals surface area contributed by atoms with Crippen molar-refractivity contribution >= 4 is 99.1 Å². The molecule has 0 aliphatic carbocycles. The summed E-state index contributed by atoms with van der Waals surface area (Å²) in [7, 11) is 15.2. The van der Waals surface area contributed by atoms with Crippen molar-refractivity contribution in [1.29, 1.82) is 0 Å². The Kier molecular flexibility index (Phi) is 19.0. The van der Waals surface area contributed by atoms with Gasteiger partial charge in [0.1, 0.15) is 28.5 Å². The third kappa shape index (κ3) is 15.7. The molecule has 438 valence electrons. The van der Waals surface area contributed by atoms with Crippen molar-refractivity contribution in [2.24, 2.45) is 49.3 Å². The van der Waals surface area contributed by atoms with E-state index in [4.69, 9.17) is 0 Å². The number of imidazole rings is 2. The number of aryl methyl sites for hydroxylation is 7. The fourth-order valence-electron chi connectivity index (χ4n) is 8.59. The van der Waals surface area contributed by atoms with E-state index in [2.05, 4.69) is 63.1 Å². The molecule has 0 aromatic carbocycles. The Morgan fingerprint density at radius 3 is 1.11 bits per heavy atom. The Labute approximate surface area is 475 Å². The summed E-state index contributed by atoms with van der Waals surface area (Å²) in [5, 5.41) is 27.0. The Morgan fingerprint density at radius 2 is 0.723 bits per heavy atom. The number of anilines is 7. The second-order valence-corrected chi connectivity index (χ2v) is 19.8. The molecule has 0 aliphatic rings. The minimum Gasteiger partial charge on any atom is -0.356 e. The first-order chi connectivity index (χ1) is 39.3. The van der Waals surface area contributed by atoms with Crippen LogP contribution in [0.15, 0.2) is 73.7 Å². The van der Waals surface area contributed by atoms with Crippen molar-refractivity contribution in [3.05, 3.63) is 114 Å². The first-order valence-electron chi connectivity index (χ1n) is 25.8. The molecule has 7 heterocycles. The van der Waals surface area contributed by atoms with Gasteiger partial charge in [0.05, 0.1) is 28.4 Å². The summed E-state index contributed by atoms with van der Waals surface area (Å²) in [6, 6.07) is 7.38. The molecule has 30 heteroatoms. The number of carbonyl (C=O) groups is 10. The third-order valence-electron chi connectivity index (χ3n) is 12.6. The number of rotatable bonds is 24. The number of hydrogen-bond donors (Lipinski definition) is 10. The monoisotopic (exact) mass is 1140 g/mol.